The number of carbonyl (C=O) groups excluding carboxylic acids is 2. The molecule has 2 aromatic rings. The summed E-state index contributed by atoms with van der Waals surface area (Å²) in [5.74, 6) is -4.92. The van der Waals surface area contributed by atoms with Gasteiger partial charge in [0.05, 0.1) is 31.6 Å². The topological polar surface area (TPSA) is 139 Å². The Labute approximate surface area is 225 Å². The van der Waals surface area contributed by atoms with E-state index in [-0.39, 0.29) is 17.3 Å². The van der Waals surface area contributed by atoms with Gasteiger partial charge in [0.2, 0.25) is 10.0 Å². The number of aliphatic imine (C=N–C) groups is 1. The normalized spacial score (nSPS) is 23.1. The molecular weight excluding hydrogens is 563 g/mol. The second-order valence-electron chi connectivity index (χ2n) is 9.08. The minimum atomic E-state index is -4.02. The van der Waals surface area contributed by atoms with E-state index in [1.165, 1.54) is 41.8 Å². The monoisotopic (exact) mass is 587 g/mol. The quantitative estimate of drug-likeness (QED) is 0.467. The molecule has 210 valence electrons. The highest BCUT2D eigenvalue weighted by atomic mass is 32.2. The molecule has 2 N–H and O–H groups in total. The fourth-order valence-corrected chi connectivity index (χ4v) is 5.45. The standard InChI is InChI=1S/C23H24F3N5O6S2/c1-22(13-4-6-14(24)7-5-13)17(37-21(33)36-2)15(28-18(29-22)20-27-8-9-38-20)11-31-12-23(25,26)10-16(31)19(32)30-39(3,34)35/h4-9,16H,10-12H2,1-3H3,(H,28,29)(H,30,32)/t16-,22-/m0/s1. The number of hydrogen-bond acceptors (Lipinski definition) is 11. The minimum absolute atomic E-state index is 0.0577. The lowest BCUT2D eigenvalue weighted by Crippen LogP contribution is -2.48. The maximum Gasteiger partial charge on any atom is 0.513 e. The lowest BCUT2D eigenvalue weighted by molar-refractivity contribution is -0.123. The Bertz CT molecular complexity index is 1430. The second-order valence-corrected chi connectivity index (χ2v) is 11.7. The van der Waals surface area contributed by atoms with Crippen molar-refractivity contribution in [3.63, 3.8) is 0 Å². The molecule has 2 aliphatic heterocycles. The van der Waals surface area contributed by atoms with Crippen LogP contribution in [0.5, 0.6) is 0 Å². The van der Waals surface area contributed by atoms with Gasteiger partial charge in [-0.15, -0.1) is 11.3 Å². The molecule has 2 aliphatic rings. The largest absolute Gasteiger partial charge is 0.513 e. The highest BCUT2D eigenvalue weighted by Gasteiger charge is 2.50. The van der Waals surface area contributed by atoms with Crippen LogP contribution < -0.4 is 10.0 Å². The smallest absolute Gasteiger partial charge is 0.437 e. The van der Waals surface area contributed by atoms with Gasteiger partial charge in [-0.2, -0.15) is 0 Å². The van der Waals surface area contributed by atoms with Crippen molar-refractivity contribution in [3.05, 3.63) is 63.7 Å². The molecule has 1 fully saturated rings. The van der Waals surface area contributed by atoms with Gasteiger partial charge in [0.15, 0.2) is 16.6 Å². The average molecular weight is 588 g/mol. The Morgan fingerprint density at radius 2 is 1.97 bits per heavy atom. The number of hydrogen-bond donors (Lipinski definition) is 2. The van der Waals surface area contributed by atoms with Gasteiger partial charge in [0.25, 0.3) is 11.8 Å². The number of alkyl halides is 2. The van der Waals surface area contributed by atoms with Gasteiger partial charge in [0, 0.05) is 24.5 Å². The van der Waals surface area contributed by atoms with E-state index < -0.39 is 64.9 Å². The Morgan fingerprint density at radius 3 is 2.56 bits per heavy atom. The van der Waals surface area contributed by atoms with Crippen LogP contribution in [-0.4, -0.2) is 74.6 Å². The first kappa shape index (κ1) is 28.5. The third kappa shape index (κ3) is 6.39. The van der Waals surface area contributed by atoms with Crippen molar-refractivity contribution >= 4 is 39.3 Å². The van der Waals surface area contributed by atoms with Crippen molar-refractivity contribution in [1.29, 1.82) is 0 Å². The number of rotatable bonds is 7. The van der Waals surface area contributed by atoms with Crippen LogP contribution in [0.25, 0.3) is 0 Å². The number of amides is 1. The number of ether oxygens (including phenoxy) is 2. The molecular formula is C23H24F3N5O6S2. The van der Waals surface area contributed by atoms with Crippen molar-refractivity contribution in [2.45, 2.75) is 30.8 Å². The molecule has 39 heavy (non-hydrogen) atoms. The molecule has 11 nitrogen and oxygen atoms in total. The van der Waals surface area contributed by atoms with Crippen LogP contribution in [0.15, 0.2) is 52.3 Å². The highest BCUT2D eigenvalue weighted by Crippen LogP contribution is 2.40. The molecule has 3 heterocycles. The predicted molar refractivity (Wildman–Crippen MR) is 134 cm³/mol. The lowest BCUT2D eigenvalue weighted by atomic mass is 9.88. The zero-order chi connectivity index (χ0) is 28.6. The number of benzene rings is 1. The summed E-state index contributed by atoms with van der Waals surface area (Å²) in [6.45, 7) is 0.271. The van der Waals surface area contributed by atoms with Crippen LogP contribution in [0.1, 0.15) is 23.9 Å². The Hall–Kier alpha value is -3.50. The summed E-state index contributed by atoms with van der Waals surface area (Å²) < 4.78 is 78.0. The fourth-order valence-electron chi connectivity index (χ4n) is 4.37. The van der Waals surface area contributed by atoms with Gasteiger partial charge in [0.1, 0.15) is 11.4 Å². The van der Waals surface area contributed by atoms with Gasteiger partial charge in [-0.1, -0.05) is 12.1 Å². The summed E-state index contributed by atoms with van der Waals surface area (Å²) in [6, 6.07) is 3.69. The predicted octanol–water partition coefficient (Wildman–Crippen LogP) is 2.33. The van der Waals surface area contributed by atoms with Gasteiger partial charge in [-0.25, -0.2) is 36.4 Å². The first-order chi connectivity index (χ1) is 18.2. The number of nitrogens with zero attached hydrogens (tertiary/aromatic N) is 3. The molecule has 1 saturated heterocycles. The SMILES string of the molecule is COC(=O)OC1=C(CN2CC(F)(F)C[C@H]2C(=O)NS(C)(=O)=O)NC(c2nccs2)=N[C@@]1(C)c1ccc(F)cc1. The molecule has 0 unspecified atom stereocenters. The Balaban J connectivity index is 1.83. The van der Waals surface area contributed by atoms with Crippen LogP contribution in [0.4, 0.5) is 18.0 Å². The van der Waals surface area contributed by atoms with Gasteiger partial charge in [-0.3, -0.25) is 14.4 Å². The zero-order valence-corrected chi connectivity index (χ0v) is 22.5. The second kappa shape index (κ2) is 10.6. The number of sulfonamides is 1. The molecule has 2 atom stereocenters. The molecule has 4 rings (SSSR count). The summed E-state index contributed by atoms with van der Waals surface area (Å²) in [5, 5.41) is 5.07. The number of likely N-dealkylation sites (tertiary alicyclic amines) is 1. The number of thiazole rings is 1. The molecule has 0 bridgehead atoms. The van der Waals surface area contributed by atoms with E-state index >= 15 is 0 Å². The van der Waals surface area contributed by atoms with E-state index in [1.54, 1.807) is 17.0 Å². The summed E-state index contributed by atoms with van der Waals surface area (Å²) in [6.07, 6.45) is 0.192. The van der Waals surface area contributed by atoms with Crippen molar-refractivity contribution < 1.29 is 40.7 Å². The van der Waals surface area contributed by atoms with Gasteiger partial charge >= 0.3 is 6.16 Å². The molecule has 0 spiro atoms. The van der Waals surface area contributed by atoms with Crippen molar-refractivity contribution in [2.75, 3.05) is 26.5 Å². The number of halogens is 3. The van der Waals surface area contributed by atoms with Crippen molar-refractivity contribution in [1.82, 2.24) is 19.9 Å². The minimum Gasteiger partial charge on any atom is -0.437 e. The summed E-state index contributed by atoms with van der Waals surface area (Å²) in [5.41, 5.74) is -1.06. The number of aromatic nitrogens is 1. The van der Waals surface area contributed by atoms with Gasteiger partial charge < -0.3 is 14.8 Å². The van der Waals surface area contributed by atoms with E-state index in [0.717, 1.165) is 18.3 Å². The van der Waals surface area contributed by atoms with Crippen molar-refractivity contribution in [2.24, 2.45) is 4.99 Å². The molecule has 1 aromatic carbocycles. The highest BCUT2D eigenvalue weighted by molar-refractivity contribution is 7.89. The average Bonchev–Trinajstić information content (AvgIpc) is 3.48. The fraction of sp³-hybridized carbons (Fsp3) is 0.391. The number of nitrogens with one attached hydrogen (secondary N) is 2. The number of amidine groups is 1. The van der Waals surface area contributed by atoms with Crippen LogP contribution in [-0.2, 0) is 29.8 Å². The van der Waals surface area contributed by atoms with Crippen molar-refractivity contribution in [3.8, 4) is 0 Å². The first-order valence-corrected chi connectivity index (χ1v) is 14.1. The number of carbonyl (C=O) groups is 2. The summed E-state index contributed by atoms with van der Waals surface area (Å²) in [7, 11) is -2.95. The van der Waals surface area contributed by atoms with Gasteiger partial charge in [-0.05, 0) is 24.6 Å². The van der Waals surface area contributed by atoms with E-state index in [4.69, 9.17) is 9.73 Å². The maximum atomic E-state index is 14.5. The Kier molecular flexibility index (Phi) is 7.73. The van der Waals surface area contributed by atoms with E-state index in [9.17, 15) is 31.2 Å². The van der Waals surface area contributed by atoms with E-state index in [1.807, 2.05) is 0 Å². The molecule has 0 saturated carbocycles. The maximum absolute atomic E-state index is 14.5. The molecule has 0 radical (unpaired) electrons. The molecule has 0 aliphatic carbocycles. The lowest BCUT2D eigenvalue weighted by Gasteiger charge is -2.36. The Morgan fingerprint density at radius 1 is 1.28 bits per heavy atom. The van der Waals surface area contributed by atoms with Crippen LogP contribution in [0.3, 0.4) is 0 Å². The molecule has 16 heteroatoms. The summed E-state index contributed by atoms with van der Waals surface area (Å²) >= 11 is 1.22. The van der Waals surface area contributed by atoms with Crippen LogP contribution >= 0.6 is 11.3 Å². The van der Waals surface area contributed by atoms with E-state index in [2.05, 4.69) is 15.0 Å². The zero-order valence-electron chi connectivity index (χ0n) is 20.9. The van der Waals surface area contributed by atoms with Crippen LogP contribution in [0, 0.1) is 5.82 Å². The third-order valence-electron chi connectivity index (χ3n) is 6.03. The number of methoxy groups -OCH3 is 1. The van der Waals surface area contributed by atoms with Crippen LogP contribution in [0.2, 0.25) is 0 Å². The first-order valence-electron chi connectivity index (χ1n) is 11.4. The molecule has 1 amide bonds. The molecule has 1 aromatic heterocycles. The third-order valence-corrected chi connectivity index (χ3v) is 7.38. The summed E-state index contributed by atoms with van der Waals surface area (Å²) in [4.78, 5) is 35.0. The van der Waals surface area contributed by atoms with E-state index in [0.29, 0.717) is 10.6 Å².